The maximum absolute atomic E-state index is 5.36. The van der Waals surface area contributed by atoms with Gasteiger partial charge in [0.25, 0.3) is 0 Å². The summed E-state index contributed by atoms with van der Waals surface area (Å²) >= 11 is 2.11. The van der Waals surface area contributed by atoms with Crippen LogP contribution in [0, 0.1) is 11.8 Å². The molecule has 14 heavy (non-hydrogen) atoms. The lowest BCUT2D eigenvalue weighted by atomic mass is 10.0. The molecule has 82 valence electrons. The molecule has 0 aliphatic carbocycles. The predicted octanol–water partition coefficient (Wildman–Crippen LogP) is 1.76. The zero-order valence-corrected chi connectivity index (χ0v) is 9.65. The summed E-state index contributed by atoms with van der Waals surface area (Å²) < 4.78 is 5.36. The molecule has 1 unspecified atom stereocenters. The molecule has 2 heterocycles. The molecular weight excluding hydrogens is 194 g/mol. The van der Waals surface area contributed by atoms with Crippen LogP contribution < -0.4 is 5.32 Å². The Morgan fingerprint density at radius 3 is 2.57 bits per heavy atom. The molecule has 1 atom stereocenters. The van der Waals surface area contributed by atoms with Crippen LogP contribution in [0.3, 0.4) is 0 Å². The predicted molar refractivity (Wildman–Crippen MR) is 61.8 cm³/mol. The van der Waals surface area contributed by atoms with E-state index in [9.17, 15) is 0 Å². The van der Waals surface area contributed by atoms with Crippen LogP contribution in [-0.2, 0) is 4.74 Å². The van der Waals surface area contributed by atoms with Crippen LogP contribution in [-0.4, -0.2) is 37.8 Å². The van der Waals surface area contributed by atoms with E-state index in [-0.39, 0.29) is 0 Å². The van der Waals surface area contributed by atoms with E-state index in [1.807, 2.05) is 0 Å². The van der Waals surface area contributed by atoms with Crippen molar-refractivity contribution in [1.29, 1.82) is 0 Å². The van der Waals surface area contributed by atoms with Crippen LogP contribution in [0.2, 0.25) is 0 Å². The highest BCUT2D eigenvalue weighted by atomic mass is 32.2. The fourth-order valence-electron chi connectivity index (χ4n) is 2.19. The lowest BCUT2D eigenvalue weighted by molar-refractivity contribution is 0.185. The van der Waals surface area contributed by atoms with Gasteiger partial charge in [-0.05, 0) is 49.1 Å². The number of hydrogen-bond acceptors (Lipinski definition) is 3. The Morgan fingerprint density at radius 2 is 1.86 bits per heavy atom. The minimum absolute atomic E-state index is 0.785. The van der Waals surface area contributed by atoms with Crippen molar-refractivity contribution in [2.75, 3.05) is 37.8 Å². The van der Waals surface area contributed by atoms with Gasteiger partial charge in [-0.1, -0.05) is 0 Å². The Hall–Kier alpha value is 0.270. The van der Waals surface area contributed by atoms with Gasteiger partial charge in [-0.2, -0.15) is 11.8 Å². The Morgan fingerprint density at radius 1 is 1.07 bits per heavy atom. The maximum Gasteiger partial charge on any atom is 0.0507 e. The molecule has 2 saturated heterocycles. The quantitative estimate of drug-likeness (QED) is 0.772. The van der Waals surface area contributed by atoms with Crippen molar-refractivity contribution in [2.45, 2.75) is 19.3 Å². The van der Waals surface area contributed by atoms with E-state index in [1.165, 1.54) is 43.9 Å². The van der Waals surface area contributed by atoms with Crippen molar-refractivity contribution < 1.29 is 4.74 Å². The first-order chi connectivity index (χ1) is 6.95. The van der Waals surface area contributed by atoms with Gasteiger partial charge in [-0.3, -0.25) is 0 Å². The van der Waals surface area contributed by atoms with Crippen molar-refractivity contribution in [1.82, 2.24) is 5.32 Å². The smallest absolute Gasteiger partial charge is 0.0507 e. The molecule has 2 fully saturated rings. The second-order valence-electron chi connectivity index (χ2n) is 4.44. The number of hydrogen-bond donors (Lipinski definition) is 1. The monoisotopic (exact) mass is 215 g/mol. The second-order valence-corrected chi connectivity index (χ2v) is 5.67. The molecule has 0 saturated carbocycles. The Bertz CT molecular complexity index is 153. The number of rotatable bonds is 4. The molecule has 3 heteroatoms. The highest BCUT2D eigenvalue weighted by Gasteiger charge is 2.17. The standard InChI is InChI=1S/C11H21NOS/c1-4-13-9-11(1)8-12-7-10-2-5-14-6-3-10/h10-12H,1-9H2. The van der Waals surface area contributed by atoms with Crippen LogP contribution in [0.5, 0.6) is 0 Å². The summed E-state index contributed by atoms with van der Waals surface area (Å²) in [4.78, 5) is 0. The lowest BCUT2D eigenvalue weighted by Gasteiger charge is -2.22. The van der Waals surface area contributed by atoms with Crippen molar-refractivity contribution in [3.05, 3.63) is 0 Å². The first-order valence-corrected chi connectivity index (χ1v) is 6.97. The Labute approximate surface area is 91.2 Å². The van der Waals surface area contributed by atoms with Crippen LogP contribution in [0.1, 0.15) is 19.3 Å². The lowest BCUT2D eigenvalue weighted by Crippen LogP contribution is -2.30. The van der Waals surface area contributed by atoms with Crippen LogP contribution in [0.4, 0.5) is 0 Å². The summed E-state index contributed by atoms with van der Waals surface area (Å²) in [5.74, 6) is 4.48. The molecule has 2 rings (SSSR count). The minimum Gasteiger partial charge on any atom is -0.381 e. The van der Waals surface area contributed by atoms with Gasteiger partial charge in [0.05, 0.1) is 6.61 Å². The number of ether oxygens (including phenoxy) is 1. The molecule has 2 aliphatic heterocycles. The van der Waals surface area contributed by atoms with Gasteiger partial charge in [0, 0.05) is 13.2 Å². The molecule has 0 radical (unpaired) electrons. The normalized spacial score (nSPS) is 29.6. The van der Waals surface area contributed by atoms with Gasteiger partial charge < -0.3 is 10.1 Å². The van der Waals surface area contributed by atoms with Crippen LogP contribution in [0.15, 0.2) is 0 Å². The van der Waals surface area contributed by atoms with E-state index in [0.29, 0.717) is 0 Å². The van der Waals surface area contributed by atoms with E-state index in [2.05, 4.69) is 17.1 Å². The van der Waals surface area contributed by atoms with Gasteiger partial charge in [-0.25, -0.2) is 0 Å². The summed E-state index contributed by atoms with van der Waals surface area (Å²) in [6, 6.07) is 0. The van der Waals surface area contributed by atoms with E-state index in [1.54, 1.807) is 0 Å². The van der Waals surface area contributed by atoms with E-state index >= 15 is 0 Å². The van der Waals surface area contributed by atoms with Crippen molar-refractivity contribution in [2.24, 2.45) is 11.8 Å². The highest BCUT2D eigenvalue weighted by Crippen LogP contribution is 2.22. The fourth-order valence-corrected chi connectivity index (χ4v) is 3.39. The third-order valence-corrected chi connectivity index (χ3v) is 4.28. The molecule has 0 spiro atoms. The molecule has 0 aromatic heterocycles. The summed E-state index contributed by atoms with van der Waals surface area (Å²) in [5, 5.41) is 3.61. The average Bonchev–Trinajstić information content (AvgIpc) is 2.72. The fraction of sp³-hybridized carbons (Fsp3) is 1.00. The van der Waals surface area contributed by atoms with Gasteiger partial charge in [0.2, 0.25) is 0 Å². The van der Waals surface area contributed by atoms with Crippen molar-refractivity contribution in [3.8, 4) is 0 Å². The van der Waals surface area contributed by atoms with Crippen molar-refractivity contribution in [3.63, 3.8) is 0 Å². The molecule has 0 aromatic rings. The van der Waals surface area contributed by atoms with E-state index in [4.69, 9.17) is 4.74 Å². The third kappa shape index (κ3) is 3.44. The number of nitrogens with one attached hydrogen (secondary N) is 1. The van der Waals surface area contributed by atoms with E-state index in [0.717, 1.165) is 25.0 Å². The largest absolute Gasteiger partial charge is 0.381 e. The summed E-state index contributed by atoms with van der Waals surface area (Å²) in [6.45, 7) is 4.36. The summed E-state index contributed by atoms with van der Waals surface area (Å²) in [6.07, 6.45) is 4.09. The average molecular weight is 215 g/mol. The van der Waals surface area contributed by atoms with Gasteiger partial charge in [0.15, 0.2) is 0 Å². The molecule has 2 nitrogen and oxygen atoms in total. The molecule has 0 aromatic carbocycles. The zero-order chi connectivity index (χ0) is 9.64. The van der Waals surface area contributed by atoms with Crippen LogP contribution in [0.25, 0.3) is 0 Å². The molecule has 2 aliphatic rings. The van der Waals surface area contributed by atoms with Gasteiger partial charge in [-0.15, -0.1) is 0 Å². The highest BCUT2D eigenvalue weighted by molar-refractivity contribution is 7.99. The minimum atomic E-state index is 0.785. The van der Waals surface area contributed by atoms with Crippen molar-refractivity contribution >= 4 is 11.8 Å². The van der Waals surface area contributed by atoms with Gasteiger partial charge in [0.1, 0.15) is 0 Å². The maximum atomic E-state index is 5.36. The zero-order valence-electron chi connectivity index (χ0n) is 8.84. The molecule has 0 amide bonds. The molecule has 0 bridgehead atoms. The summed E-state index contributed by atoms with van der Waals surface area (Å²) in [7, 11) is 0. The molecule has 1 N–H and O–H groups in total. The summed E-state index contributed by atoms with van der Waals surface area (Å²) in [5.41, 5.74) is 0. The Balaban J connectivity index is 1.52. The second kappa shape index (κ2) is 5.99. The first-order valence-electron chi connectivity index (χ1n) is 5.81. The first kappa shape index (κ1) is 10.8. The third-order valence-electron chi connectivity index (χ3n) is 3.23. The topological polar surface area (TPSA) is 21.3 Å². The van der Waals surface area contributed by atoms with Gasteiger partial charge >= 0.3 is 0 Å². The number of thioether (sulfide) groups is 1. The SMILES string of the molecule is C1CC(CNCC2CCSCC2)CO1. The molecular formula is C11H21NOS. The van der Waals surface area contributed by atoms with E-state index < -0.39 is 0 Å². The van der Waals surface area contributed by atoms with Crippen LogP contribution >= 0.6 is 11.8 Å². The Kier molecular flexibility index (Phi) is 4.61.